The van der Waals surface area contributed by atoms with Gasteiger partial charge in [-0.25, -0.2) is 0 Å². The molecule has 0 radical (unpaired) electrons. The molecule has 1 aromatic carbocycles. The van der Waals surface area contributed by atoms with E-state index in [1.807, 2.05) is 24.3 Å². The Bertz CT molecular complexity index is 1010. The number of benzene rings is 1. The zero-order valence-electron chi connectivity index (χ0n) is 17.9. The highest BCUT2D eigenvalue weighted by molar-refractivity contribution is 8.00. The number of hydrogen-bond acceptors (Lipinski definition) is 6. The van der Waals surface area contributed by atoms with Crippen LogP contribution in [0.2, 0.25) is 5.02 Å². The number of rotatable bonds is 9. The SMILES string of the molecule is CC(C)(SCc1ccccn1)C(NS(=O)(=O)N1CCN(c2ccc(Cl)cc2)CC1)C(=O)O. The first kappa shape index (κ1) is 24.8. The molecule has 0 amide bonds. The van der Waals surface area contributed by atoms with Crippen LogP contribution in [-0.2, 0) is 20.8 Å². The summed E-state index contributed by atoms with van der Waals surface area (Å²) < 4.78 is 28.8. The van der Waals surface area contributed by atoms with E-state index in [0.717, 1.165) is 11.4 Å². The monoisotopic (exact) mass is 498 g/mol. The molecule has 32 heavy (non-hydrogen) atoms. The van der Waals surface area contributed by atoms with E-state index in [2.05, 4.69) is 14.6 Å². The van der Waals surface area contributed by atoms with E-state index in [0.29, 0.717) is 23.9 Å². The third kappa shape index (κ3) is 6.35. The van der Waals surface area contributed by atoms with E-state index in [9.17, 15) is 18.3 Å². The van der Waals surface area contributed by atoms with Crippen LogP contribution >= 0.6 is 23.4 Å². The molecule has 3 rings (SSSR count). The van der Waals surface area contributed by atoms with Gasteiger partial charge < -0.3 is 10.0 Å². The summed E-state index contributed by atoms with van der Waals surface area (Å²) in [6.07, 6.45) is 1.67. The van der Waals surface area contributed by atoms with Crippen LogP contribution in [0.15, 0.2) is 48.7 Å². The molecule has 2 aromatic rings. The molecule has 174 valence electrons. The van der Waals surface area contributed by atoms with Crippen molar-refractivity contribution in [2.24, 2.45) is 0 Å². The maximum Gasteiger partial charge on any atom is 0.323 e. The van der Waals surface area contributed by atoms with Crippen molar-refractivity contribution in [3.05, 3.63) is 59.4 Å². The van der Waals surface area contributed by atoms with E-state index in [1.54, 1.807) is 38.2 Å². The lowest BCUT2D eigenvalue weighted by molar-refractivity contribution is -0.139. The highest BCUT2D eigenvalue weighted by Gasteiger charge is 2.41. The maximum atomic E-state index is 13.0. The summed E-state index contributed by atoms with van der Waals surface area (Å²) in [6.45, 7) is 4.95. The lowest BCUT2D eigenvalue weighted by Gasteiger charge is -2.37. The first-order chi connectivity index (χ1) is 15.1. The second-order valence-corrected chi connectivity index (χ2v) is 11.7. The Kier molecular flexibility index (Phi) is 8.05. The fourth-order valence-electron chi connectivity index (χ4n) is 3.38. The van der Waals surface area contributed by atoms with Crippen molar-refractivity contribution in [3.8, 4) is 0 Å². The number of hydrogen-bond donors (Lipinski definition) is 2. The van der Waals surface area contributed by atoms with Crippen LogP contribution in [0.1, 0.15) is 19.5 Å². The number of anilines is 1. The third-order valence-electron chi connectivity index (χ3n) is 5.30. The zero-order valence-corrected chi connectivity index (χ0v) is 20.3. The van der Waals surface area contributed by atoms with E-state index >= 15 is 0 Å². The van der Waals surface area contributed by atoms with Gasteiger partial charge in [0.1, 0.15) is 6.04 Å². The highest BCUT2D eigenvalue weighted by Crippen LogP contribution is 2.32. The summed E-state index contributed by atoms with van der Waals surface area (Å²) in [4.78, 5) is 18.3. The molecule has 2 N–H and O–H groups in total. The first-order valence-corrected chi connectivity index (χ1v) is 12.9. The summed E-state index contributed by atoms with van der Waals surface area (Å²) in [5, 5.41) is 10.4. The lowest BCUT2D eigenvalue weighted by Crippen LogP contribution is -2.59. The van der Waals surface area contributed by atoms with Gasteiger partial charge >= 0.3 is 5.97 Å². The van der Waals surface area contributed by atoms with Crippen molar-refractivity contribution >= 4 is 45.2 Å². The molecule has 11 heteroatoms. The molecule has 0 spiro atoms. The van der Waals surface area contributed by atoms with Crippen molar-refractivity contribution in [1.29, 1.82) is 0 Å². The predicted molar refractivity (Wildman–Crippen MR) is 128 cm³/mol. The lowest BCUT2D eigenvalue weighted by atomic mass is 10.1. The number of nitrogens with one attached hydrogen (secondary N) is 1. The van der Waals surface area contributed by atoms with Crippen LogP contribution < -0.4 is 9.62 Å². The number of carboxylic acids is 1. The quantitative estimate of drug-likeness (QED) is 0.548. The smallest absolute Gasteiger partial charge is 0.323 e. The van der Waals surface area contributed by atoms with Gasteiger partial charge in [0.05, 0.1) is 5.69 Å². The van der Waals surface area contributed by atoms with Gasteiger partial charge in [-0.15, -0.1) is 11.8 Å². The van der Waals surface area contributed by atoms with Crippen LogP contribution in [0, 0.1) is 0 Å². The van der Waals surface area contributed by atoms with Crippen LogP contribution in [0.3, 0.4) is 0 Å². The van der Waals surface area contributed by atoms with Crippen molar-refractivity contribution in [1.82, 2.24) is 14.0 Å². The molecule has 2 heterocycles. The summed E-state index contributed by atoms with van der Waals surface area (Å²) in [6, 6.07) is 11.6. The molecule has 1 atom stereocenters. The van der Waals surface area contributed by atoms with Crippen LogP contribution in [0.25, 0.3) is 0 Å². The number of aliphatic carboxylic acids is 1. The second kappa shape index (κ2) is 10.4. The van der Waals surface area contributed by atoms with Gasteiger partial charge in [0, 0.05) is 53.6 Å². The number of thioether (sulfide) groups is 1. The Morgan fingerprint density at radius 3 is 2.41 bits per heavy atom. The molecule has 1 saturated heterocycles. The summed E-state index contributed by atoms with van der Waals surface area (Å²) in [7, 11) is -3.98. The Labute approximate surface area is 198 Å². The minimum atomic E-state index is -3.98. The molecule has 8 nitrogen and oxygen atoms in total. The molecular weight excluding hydrogens is 472 g/mol. The first-order valence-electron chi connectivity index (χ1n) is 10.1. The summed E-state index contributed by atoms with van der Waals surface area (Å²) in [5.41, 5.74) is 1.77. The molecule has 1 unspecified atom stereocenters. The van der Waals surface area contributed by atoms with E-state index in [1.165, 1.54) is 16.1 Å². The molecule has 1 aliphatic heterocycles. The van der Waals surface area contributed by atoms with Crippen LogP contribution in [0.4, 0.5) is 5.69 Å². The molecule has 0 aliphatic carbocycles. The zero-order chi connectivity index (χ0) is 23.4. The van der Waals surface area contributed by atoms with Crippen LogP contribution in [0.5, 0.6) is 0 Å². The minimum absolute atomic E-state index is 0.256. The normalized spacial score (nSPS) is 16.7. The van der Waals surface area contributed by atoms with Crippen molar-refractivity contribution in [3.63, 3.8) is 0 Å². The molecule has 0 saturated carbocycles. The standard InChI is InChI=1S/C21H27ClN4O4S2/c1-21(2,31-15-17-5-3-4-10-23-17)19(20(27)28)24-32(29,30)26-13-11-25(12-14-26)18-8-6-16(22)7-9-18/h3-10,19,24H,11-15H2,1-2H3,(H,27,28). The topological polar surface area (TPSA) is 103 Å². The number of carboxylic acid groups (broad SMARTS) is 1. The summed E-state index contributed by atoms with van der Waals surface area (Å²) >= 11 is 7.28. The maximum absolute atomic E-state index is 13.0. The number of nitrogens with zero attached hydrogens (tertiary/aromatic N) is 3. The van der Waals surface area contributed by atoms with Crippen molar-refractivity contribution < 1.29 is 18.3 Å². The number of halogens is 1. The minimum Gasteiger partial charge on any atom is -0.480 e. The van der Waals surface area contributed by atoms with E-state index in [4.69, 9.17) is 11.6 Å². The average molecular weight is 499 g/mol. The number of aromatic nitrogens is 1. The van der Waals surface area contributed by atoms with Crippen molar-refractivity contribution in [2.75, 3.05) is 31.1 Å². The Morgan fingerprint density at radius 2 is 1.84 bits per heavy atom. The van der Waals surface area contributed by atoms with Gasteiger partial charge in [-0.05, 0) is 50.2 Å². The molecule has 1 aromatic heterocycles. The van der Waals surface area contributed by atoms with Gasteiger partial charge in [0.2, 0.25) is 0 Å². The number of pyridine rings is 1. The molecule has 1 aliphatic rings. The molecular formula is C21H27ClN4O4S2. The van der Waals surface area contributed by atoms with Gasteiger partial charge in [0.25, 0.3) is 10.2 Å². The average Bonchev–Trinajstić information content (AvgIpc) is 2.77. The number of carbonyl (C=O) groups is 1. The predicted octanol–water partition coefficient (Wildman–Crippen LogP) is 2.86. The van der Waals surface area contributed by atoms with E-state index in [-0.39, 0.29) is 13.1 Å². The van der Waals surface area contributed by atoms with Gasteiger partial charge in [-0.3, -0.25) is 9.78 Å². The fourth-order valence-corrected chi connectivity index (χ4v) is 6.08. The molecule has 0 bridgehead atoms. The largest absolute Gasteiger partial charge is 0.480 e. The van der Waals surface area contributed by atoms with Gasteiger partial charge in [0.15, 0.2) is 0 Å². The Balaban J connectivity index is 1.63. The van der Waals surface area contributed by atoms with Gasteiger partial charge in [-0.2, -0.15) is 17.4 Å². The van der Waals surface area contributed by atoms with Crippen LogP contribution in [-0.4, -0.2) is 65.8 Å². The van der Waals surface area contributed by atoms with Gasteiger partial charge in [-0.1, -0.05) is 17.7 Å². The van der Waals surface area contributed by atoms with E-state index < -0.39 is 27.0 Å². The van der Waals surface area contributed by atoms with Crippen molar-refractivity contribution in [2.45, 2.75) is 30.4 Å². The third-order valence-corrected chi connectivity index (χ3v) is 8.55. The second-order valence-electron chi connectivity index (χ2n) is 7.97. The Morgan fingerprint density at radius 1 is 1.19 bits per heavy atom. The highest BCUT2D eigenvalue weighted by atomic mass is 35.5. The summed E-state index contributed by atoms with van der Waals surface area (Å²) in [5.74, 6) is -0.744. The molecule has 1 fully saturated rings. The number of piperazine rings is 1. The Hall–Kier alpha value is -1.85. The fraction of sp³-hybridized carbons (Fsp3) is 0.429.